The summed E-state index contributed by atoms with van der Waals surface area (Å²) in [5, 5.41) is 13.2. The van der Waals surface area contributed by atoms with Crippen LogP contribution in [0.25, 0.3) is 6.08 Å². The lowest BCUT2D eigenvalue weighted by molar-refractivity contribution is -0.384. The number of barbiturate groups is 1. The number of hydrogen-bond acceptors (Lipinski definition) is 7. The van der Waals surface area contributed by atoms with Gasteiger partial charge in [-0.05, 0) is 54.5 Å². The molecule has 4 rings (SSSR count). The SMILES string of the molecule is CCOc1cc(/C=C2\C(=O)NC(=O)N(c3cccc([N+](=O)[O-])c3)C2=O)ccc1OCc1ccc(F)cc1. The molecule has 0 atom stereocenters. The third-order valence-corrected chi connectivity index (χ3v) is 5.29. The standard InChI is InChI=1S/C26H20FN3O7/c1-2-36-23-13-17(8-11-22(23)37-15-16-6-9-18(27)10-7-16)12-21-24(31)28-26(33)29(25(21)32)19-4-3-5-20(14-19)30(34)35/h3-14H,2,15H2,1H3,(H,28,31,33)/b21-12+. The molecule has 1 saturated heterocycles. The zero-order chi connectivity index (χ0) is 26.5. The van der Waals surface area contributed by atoms with E-state index < -0.39 is 22.8 Å². The van der Waals surface area contributed by atoms with Crippen molar-refractivity contribution in [2.75, 3.05) is 11.5 Å². The molecule has 10 nitrogen and oxygen atoms in total. The molecule has 3 aromatic rings. The van der Waals surface area contributed by atoms with Crippen LogP contribution in [0.4, 0.5) is 20.6 Å². The third kappa shape index (κ3) is 5.61. The zero-order valence-electron chi connectivity index (χ0n) is 19.5. The molecule has 0 spiro atoms. The highest BCUT2D eigenvalue weighted by Crippen LogP contribution is 2.31. The molecule has 1 N–H and O–H groups in total. The number of anilines is 1. The van der Waals surface area contributed by atoms with Gasteiger partial charge in [0.05, 0.1) is 17.2 Å². The van der Waals surface area contributed by atoms with E-state index in [2.05, 4.69) is 5.32 Å². The van der Waals surface area contributed by atoms with E-state index in [-0.39, 0.29) is 29.4 Å². The summed E-state index contributed by atoms with van der Waals surface area (Å²) in [6.07, 6.45) is 1.28. The van der Waals surface area contributed by atoms with Crippen LogP contribution >= 0.6 is 0 Å². The van der Waals surface area contributed by atoms with Gasteiger partial charge in [-0.2, -0.15) is 0 Å². The second kappa shape index (κ2) is 10.7. The molecular weight excluding hydrogens is 485 g/mol. The first-order valence-corrected chi connectivity index (χ1v) is 11.1. The van der Waals surface area contributed by atoms with Crippen LogP contribution in [-0.2, 0) is 16.2 Å². The molecule has 0 saturated carbocycles. The summed E-state index contributed by atoms with van der Waals surface area (Å²) in [6, 6.07) is 14.5. The van der Waals surface area contributed by atoms with Gasteiger partial charge in [-0.25, -0.2) is 14.1 Å². The number of nitrogens with one attached hydrogen (secondary N) is 1. The number of nitro groups is 1. The Bertz CT molecular complexity index is 1420. The number of amides is 4. The van der Waals surface area contributed by atoms with E-state index in [4.69, 9.17) is 9.47 Å². The fourth-order valence-electron chi connectivity index (χ4n) is 3.55. The van der Waals surface area contributed by atoms with E-state index in [1.54, 1.807) is 37.3 Å². The van der Waals surface area contributed by atoms with Gasteiger partial charge >= 0.3 is 6.03 Å². The van der Waals surface area contributed by atoms with Crippen molar-refractivity contribution in [3.8, 4) is 11.5 Å². The number of nitrogens with zero attached hydrogens (tertiary/aromatic N) is 2. The Morgan fingerprint density at radius 3 is 2.46 bits per heavy atom. The molecule has 1 aliphatic heterocycles. The molecule has 1 fully saturated rings. The Balaban J connectivity index is 1.62. The molecule has 0 aliphatic carbocycles. The Hall–Kier alpha value is -5.06. The number of nitro benzene ring substituents is 1. The maximum absolute atomic E-state index is 13.1. The minimum absolute atomic E-state index is 0.0605. The number of urea groups is 1. The Morgan fingerprint density at radius 1 is 1.00 bits per heavy atom. The summed E-state index contributed by atoms with van der Waals surface area (Å²) in [7, 11) is 0. The van der Waals surface area contributed by atoms with E-state index in [0.717, 1.165) is 11.6 Å². The fraction of sp³-hybridized carbons (Fsp3) is 0.115. The number of imide groups is 2. The molecule has 0 radical (unpaired) electrons. The van der Waals surface area contributed by atoms with Crippen molar-refractivity contribution >= 4 is 35.3 Å². The predicted octanol–water partition coefficient (Wildman–Crippen LogP) is 4.38. The molecule has 3 aromatic carbocycles. The number of non-ortho nitro benzene ring substituents is 1. The van der Waals surface area contributed by atoms with Crippen LogP contribution in [0, 0.1) is 15.9 Å². The molecule has 0 aromatic heterocycles. The average Bonchev–Trinajstić information content (AvgIpc) is 2.87. The van der Waals surface area contributed by atoms with Gasteiger partial charge in [0.2, 0.25) is 0 Å². The smallest absolute Gasteiger partial charge is 0.335 e. The lowest BCUT2D eigenvalue weighted by Gasteiger charge is -2.26. The summed E-state index contributed by atoms with van der Waals surface area (Å²) in [5.74, 6) is -1.48. The highest BCUT2D eigenvalue weighted by Gasteiger charge is 2.37. The number of hydrogen-bond donors (Lipinski definition) is 1. The van der Waals surface area contributed by atoms with E-state index in [1.807, 2.05) is 0 Å². The third-order valence-electron chi connectivity index (χ3n) is 5.29. The number of ether oxygens (including phenoxy) is 2. The number of carbonyl (C=O) groups excluding carboxylic acids is 3. The average molecular weight is 505 g/mol. The van der Waals surface area contributed by atoms with Crippen LogP contribution in [-0.4, -0.2) is 29.4 Å². The highest BCUT2D eigenvalue weighted by molar-refractivity contribution is 6.39. The van der Waals surface area contributed by atoms with Crippen LogP contribution in [0.1, 0.15) is 18.1 Å². The lowest BCUT2D eigenvalue weighted by atomic mass is 10.1. The largest absolute Gasteiger partial charge is 0.490 e. The summed E-state index contributed by atoms with van der Waals surface area (Å²) in [5.41, 5.74) is 0.413. The van der Waals surface area contributed by atoms with Gasteiger partial charge in [0.25, 0.3) is 17.5 Å². The van der Waals surface area contributed by atoms with E-state index >= 15 is 0 Å². The molecule has 0 unspecified atom stereocenters. The lowest BCUT2D eigenvalue weighted by Crippen LogP contribution is -2.54. The summed E-state index contributed by atoms with van der Waals surface area (Å²) < 4.78 is 24.6. The maximum Gasteiger partial charge on any atom is 0.335 e. The fourth-order valence-corrected chi connectivity index (χ4v) is 3.55. The zero-order valence-corrected chi connectivity index (χ0v) is 19.5. The van der Waals surface area contributed by atoms with Gasteiger partial charge < -0.3 is 9.47 Å². The van der Waals surface area contributed by atoms with Crippen molar-refractivity contribution in [2.24, 2.45) is 0 Å². The molecule has 1 aliphatic rings. The van der Waals surface area contributed by atoms with Crippen LogP contribution in [0.15, 0.2) is 72.3 Å². The van der Waals surface area contributed by atoms with Crippen LogP contribution < -0.4 is 19.7 Å². The van der Waals surface area contributed by atoms with Gasteiger partial charge in [0.1, 0.15) is 18.0 Å². The summed E-state index contributed by atoms with van der Waals surface area (Å²) >= 11 is 0. The van der Waals surface area contributed by atoms with Crippen molar-refractivity contribution in [2.45, 2.75) is 13.5 Å². The molecule has 4 amide bonds. The van der Waals surface area contributed by atoms with Gasteiger partial charge in [-0.15, -0.1) is 0 Å². The number of halogens is 1. The van der Waals surface area contributed by atoms with Crippen molar-refractivity contribution in [3.63, 3.8) is 0 Å². The van der Waals surface area contributed by atoms with Gasteiger partial charge in [-0.3, -0.25) is 25.0 Å². The summed E-state index contributed by atoms with van der Waals surface area (Å²) in [6.45, 7) is 2.24. The Kier molecular flexibility index (Phi) is 7.23. The first-order chi connectivity index (χ1) is 17.8. The molecular formula is C26H20FN3O7. The minimum Gasteiger partial charge on any atom is -0.490 e. The molecule has 0 bridgehead atoms. The molecule has 11 heteroatoms. The number of carbonyl (C=O) groups is 3. The van der Waals surface area contributed by atoms with Crippen molar-refractivity contribution in [1.29, 1.82) is 0 Å². The van der Waals surface area contributed by atoms with E-state index in [1.165, 1.54) is 36.4 Å². The Morgan fingerprint density at radius 2 is 1.76 bits per heavy atom. The van der Waals surface area contributed by atoms with Gasteiger partial charge in [0, 0.05) is 12.1 Å². The highest BCUT2D eigenvalue weighted by atomic mass is 19.1. The molecule has 37 heavy (non-hydrogen) atoms. The van der Waals surface area contributed by atoms with Gasteiger partial charge in [0.15, 0.2) is 11.5 Å². The van der Waals surface area contributed by atoms with Crippen LogP contribution in [0.3, 0.4) is 0 Å². The first kappa shape index (κ1) is 25.0. The maximum atomic E-state index is 13.1. The quantitative estimate of drug-likeness (QED) is 0.208. The number of rotatable bonds is 8. The van der Waals surface area contributed by atoms with Crippen molar-refractivity contribution < 1.29 is 33.2 Å². The molecule has 1 heterocycles. The van der Waals surface area contributed by atoms with Crippen LogP contribution in [0.2, 0.25) is 0 Å². The predicted molar refractivity (Wildman–Crippen MR) is 130 cm³/mol. The van der Waals surface area contributed by atoms with Gasteiger partial charge in [-0.1, -0.05) is 24.3 Å². The second-order valence-electron chi connectivity index (χ2n) is 7.79. The minimum atomic E-state index is -1.02. The van der Waals surface area contributed by atoms with Crippen LogP contribution in [0.5, 0.6) is 11.5 Å². The monoisotopic (exact) mass is 505 g/mol. The molecule has 188 valence electrons. The second-order valence-corrected chi connectivity index (χ2v) is 7.79. The van der Waals surface area contributed by atoms with Crippen molar-refractivity contribution in [3.05, 3.63) is 99.4 Å². The normalized spacial score (nSPS) is 14.5. The first-order valence-electron chi connectivity index (χ1n) is 11.1. The topological polar surface area (TPSA) is 128 Å². The number of benzene rings is 3. The Labute approximate surface area is 210 Å². The van der Waals surface area contributed by atoms with E-state index in [0.29, 0.717) is 28.6 Å². The van der Waals surface area contributed by atoms with Crippen molar-refractivity contribution in [1.82, 2.24) is 5.32 Å². The summed E-state index contributed by atoms with van der Waals surface area (Å²) in [4.78, 5) is 49.1. The van der Waals surface area contributed by atoms with E-state index in [9.17, 15) is 28.9 Å².